The van der Waals surface area contributed by atoms with E-state index >= 15 is 0 Å². The van der Waals surface area contributed by atoms with Gasteiger partial charge in [0.2, 0.25) is 5.91 Å². The van der Waals surface area contributed by atoms with Gasteiger partial charge in [-0.05, 0) is 12.0 Å². The molecule has 0 bridgehead atoms. The number of sulfone groups is 1. The number of rotatable bonds is 5. The Kier molecular flexibility index (Phi) is 4.85. The number of benzene rings is 1. The van der Waals surface area contributed by atoms with Crippen LogP contribution in [0.4, 0.5) is 0 Å². The van der Waals surface area contributed by atoms with E-state index in [0.717, 1.165) is 6.26 Å². The minimum absolute atomic E-state index is 0.215. The summed E-state index contributed by atoms with van der Waals surface area (Å²) in [6.07, 6.45) is 1.68. The zero-order valence-corrected chi connectivity index (χ0v) is 13.4. The molecule has 1 aromatic rings. The molecule has 120 valence electrons. The summed E-state index contributed by atoms with van der Waals surface area (Å²) in [5.74, 6) is -0.968. The number of likely N-dealkylation sites (tertiary alicyclic amines) is 1. The van der Waals surface area contributed by atoms with Crippen molar-refractivity contribution in [3.63, 3.8) is 0 Å². The Labute approximate surface area is 130 Å². The molecule has 1 amide bonds. The van der Waals surface area contributed by atoms with Gasteiger partial charge in [0, 0.05) is 12.7 Å². The van der Waals surface area contributed by atoms with Crippen LogP contribution in [0.25, 0.3) is 0 Å². The summed E-state index contributed by atoms with van der Waals surface area (Å²) in [6, 6.07) is 7.46. The Bertz CT molecular complexity index is 656. The van der Waals surface area contributed by atoms with E-state index in [-0.39, 0.29) is 18.1 Å². The van der Waals surface area contributed by atoms with Crippen LogP contribution in [0, 0.1) is 0 Å². The van der Waals surface area contributed by atoms with Crippen molar-refractivity contribution in [2.24, 2.45) is 0 Å². The van der Waals surface area contributed by atoms with Gasteiger partial charge in [0.25, 0.3) is 0 Å². The summed E-state index contributed by atoms with van der Waals surface area (Å²) < 4.78 is 28.3. The maximum Gasteiger partial charge on any atom is 0.328 e. The fraction of sp³-hybridized carbons (Fsp3) is 0.467. The fourth-order valence-corrected chi connectivity index (χ4v) is 3.69. The second-order valence-electron chi connectivity index (χ2n) is 5.40. The van der Waals surface area contributed by atoms with Crippen molar-refractivity contribution in [3.05, 3.63) is 35.9 Å². The first-order chi connectivity index (χ1) is 10.3. The van der Waals surface area contributed by atoms with Crippen LogP contribution in [-0.4, -0.2) is 50.4 Å². The van der Waals surface area contributed by atoms with Crippen LogP contribution in [0.15, 0.2) is 30.3 Å². The average molecular weight is 325 g/mol. The number of hydrogen-bond donors (Lipinski definition) is 0. The summed E-state index contributed by atoms with van der Waals surface area (Å²) in [5, 5.41) is 0. The van der Waals surface area contributed by atoms with Crippen LogP contribution in [0.3, 0.4) is 0 Å². The summed E-state index contributed by atoms with van der Waals surface area (Å²) >= 11 is 0. The maximum absolute atomic E-state index is 12.2. The second kappa shape index (κ2) is 6.48. The molecular formula is C15H19NO5S. The molecule has 0 radical (unpaired) electrons. The van der Waals surface area contributed by atoms with E-state index in [1.807, 2.05) is 6.07 Å². The molecule has 0 spiro atoms. The summed E-state index contributed by atoms with van der Waals surface area (Å²) in [5.41, 5.74) is 0.692. The van der Waals surface area contributed by atoms with Gasteiger partial charge >= 0.3 is 5.97 Å². The van der Waals surface area contributed by atoms with E-state index < -0.39 is 27.9 Å². The molecular weight excluding hydrogens is 306 g/mol. The van der Waals surface area contributed by atoms with Crippen LogP contribution in [-0.2, 0) is 24.2 Å². The monoisotopic (exact) mass is 325 g/mol. The minimum atomic E-state index is -3.33. The van der Waals surface area contributed by atoms with Crippen molar-refractivity contribution in [2.75, 3.05) is 19.1 Å². The molecule has 22 heavy (non-hydrogen) atoms. The summed E-state index contributed by atoms with van der Waals surface area (Å²) in [4.78, 5) is 25.5. The molecule has 2 rings (SSSR count). The van der Waals surface area contributed by atoms with Gasteiger partial charge in [-0.15, -0.1) is 0 Å². The van der Waals surface area contributed by atoms with E-state index in [9.17, 15) is 18.0 Å². The molecule has 7 heteroatoms. The molecule has 1 aromatic carbocycles. The van der Waals surface area contributed by atoms with Gasteiger partial charge in [-0.3, -0.25) is 4.79 Å². The number of ether oxygens (including phenoxy) is 1. The summed E-state index contributed by atoms with van der Waals surface area (Å²) in [7, 11) is -2.07. The first-order valence-electron chi connectivity index (χ1n) is 6.95. The number of hydrogen-bond acceptors (Lipinski definition) is 5. The van der Waals surface area contributed by atoms with Crippen molar-refractivity contribution in [3.8, 4) is 0 Å². The first-order valence-corrected chi connectivity index (χ1v) is 9.01. The van der Waals surface area contributed by atoms with Gasteiger partial charge in [-0.25, -0.2) is 13.2 Å². The largest absolute Gasteiger partial charge is 0.467 e. The smallest absolute Gasteiger partial charge is 0.328 e. The zero-order chi connectivity index (χ0) is 16.3. The number of esters is 1. The Hall–Kier alpha value is -1.89. The van der Waals surface area contributed by atoms with Gasteiger partial charge in [0.05, 0.1) is 18.9 Å². The Morgan fingerprint density at radius 2 is 2.00 bits per heavy atom. The second-order valence-corrected chi connectivity index (χ2v) is 7.58. The highest BCUT2D eigenvalue weighted by Gasteiger charge is 2.42. The molecule has 1 aliphatic rings. The lowest BCUT2D eigenvalue weighted by Crippen LogP contribution is -2.44. The molecule has 1 heterocycles. The van der Waals surface area contributed by atoms with Gasteiger partial charge in [-0.2, -0.15) is 0 Å². The first kappa shape index (κ1) is 16.5. The third-order valence-corrected chi connectivity index (χ3v) is 4.63. The zero-order valence-electron chi connectivity index (χ0n) is 12.6. The Balaban J connectivity index is 2.43. The van der Waals surface area contributed by atoms with Gasteiger partial charge in [-0.1, -0.05) is 30.3 Å². The highest BCUT2D eigenvalue weighted by molar-refractivity contribution is 7.90. The van der Waals surface area contributed by atoms with Crippen molar-refractivity contribution in [1.29, 1.82) is 0 Å². The van der Waals surface area contributed by atoms with Crippen LogP contribution in [0.5, 0.6) is 0 Å². The highest BCUT2D eigenvalue weighted by atomic mass is 32.2. The van der Waals surface area contributed by atoms with Crippen LogP contribution in [0.1, 0.15) is 24.4 Å². The normalized spacial score (nSPS) is 20.0. The van der Waals surface area contributed by atoms with E-state index in [0.29, 0.717) is 12.0 Å². The predicted octanol–water partition coefficient (Wildman–Crippen LogP) is 0.936. The third kappa shape index (κ3) is 3.65. The van der Waals surface area contributed by atoms with E-state index in [1.165, 1.54) is 12.0 Å². The molecule has 2 atom stereocenters. The molecule has 0 saturated carbocycles. The molecule has 0 N–H and O–H groups in total. The van der Waals surface area contributed by atoms with Gasteiger partial charge in [0.1, 0.15) is 15.9 Å². The SMILES string of the molecule is COC(=O)C1CCC(=O)N1C(CS(C)(=O)=O)c1ccccc1. The number of carbonyl (C=O) groups is 2. The van der Waals surface area contributed by atoms with Crippen LogP contribution < -0.4 is 0 Å². The molecule has 2 unspecified atom stereocenters. The Morgan fingerprint density at radius 3 is 2.55 bits per heavy atom. The van der Waals surface area contributed by atoms with E-state index in [1.54, 1.807) is 24.3 Å². The number of amides is 1. The highest BCUT2D eigenvalue weighted by Crippen LogP contribution is 2.32. The number of nitrogens with zero attached hydrogens (tertiary/aromatic N) is 1. The lowest BCUT2D eigenvalue weighted by Gasteiger charge is -2.32. The van der Waals surface area contributed by atoms with Crippen molar-refractivity contribution < 1.29 is 22.7 Å². The molecule has 6 nitrogen and oxygen atoms in total. The van der Waals surface area contributed by atoms with E-state index in [4.69, 9.17) is 4.74 Å². The number of methoxy groups -OCH3 is 1. The van der Waals surface area contributed by atoms with Crippen molar-refractivity contribution >= 4 is 21.7 Å². The lowest BCUT2D eigenvalue weighted by molar-refractivity contribution is -0.150. The topological polar surface area (TPSA) is 80.8 Å². The van der Waals surface area contributed by atoms with Crippen molar-refractivity contribution in [2.45, 2.75) is 24.9 Å². The fourth-order valence-electron chi connectivity index (χ4n) is 2.76. The molecule has 1 aliphatic heterocycles. The predicted molar refractivity (Wildman–Crippen MR) is 80.8 cm³/mol. The average Bonchev–Trinajstić information content (AvgIpc) is 2.85. The molecule has 0 aliphatic carbocycles. The number of carbonyl (C=O) groups excluding carboxylic acids is 2. The standard InChI is InChI=1S/C15H19NO5S/c1-21-15(18)12-8-9-14(17)16(12)13(10-22(2,19)20)11-6-4-3-5-7-11/h3-7,12-13H,8-10H2,1-2H3. The van der Waals surface area contributed by atoms with Crippen molar-refractivity contribution in [1.82, 2.24) is 4.90 Å². The molecule has 1 saturated heterocycles. The molecule has 1 fully saturated rings. The minimum Gasteiger partial charge on any atom is -0.467 e. The molecule has 0 aromatic heterocycles. The quantitative estimate of drug-likeness (QED) is 0.753. The van der Waals surface area contributed by atoms with Gasteiger partial charge < -0.3 is 9.64 Å². The lowest BCUT2D eigenvalue weighted by atomic mass is 10.1. The van der Waals surface area contributed by atoms with Crippen LogP contribution in [0.2, 0.25) is 0 Å². The van der Waals surface area contributed by atoms with E-state index in [2.05, 4.69) is 0 Å². The third-order valence-electron chi connectivity index (χ3n) is 3.71. The maximum atomic E-state index is 12.2. The Morgan fingerprint density at radius 1 is 1.36 bits per heavy atom. The summed E-state index contributed by atoms with van der Waals surface area (Å²) in [6.45, 7) is 0. The van der Waals surface area contributed by atoms with Crippen LogP contribution >= 0.6 is 0 Å². The van der Waals surface area contributed by atoms with Gasteiger partial charge in [0.15, 0.2) is 0 Å².